The molecular formula is C9H10ClN5O2. The zero-order valence-electron chi connectivity index (χ0n) is 9.27. The third-order valence-corrected chi connectivity index (χ3v) is 2.07. The SMILES string of the molecule is COc1cc(C)nc(Nc2nnc(CCl)o2)n1. The molecule has 0 fully saturated rings. The van der Waals surface area contributed by atoms with Crippen LogP contribution in [0.25, 0.3) is 0 Å². The second-order valence-corrected chi connectivity index (χ2v) is 3.40. The van der Waals surface area contributed by atoms with Crippen molar-refractivity contribution in [1.82, 2.24) is 20.2 Å². The molecule has 0 saturated heterocycles. The number of halogens is 1. The summed E-state index contributed by atoms with van der Waals surface area (Å²) >= 11 is 5.54. The Morgan fingerprint density at radius 3 is 2.88 bits per heavy atom. The number of methoxy groups -OCH3 is 1. The third-order valence-electron chi connectivity index (χ3n) is 1.84. The maximum Gasteiger partial charge on any atom is 0.322 e. The van der Waals surface area contributed by atoms with E-state index >= 15 is 0 Å². The van der Waals surface area contributed by atoms with Gasteiger partial charge < -0.3 is 9.15 Å². The number of hydrogen-bond acceptors (Lipinski definition) is 7. The normalized spacial score (nSPS) is 10.3. The van der Waals surface area contributed by atoms with Gasteiger partial charge in [-0.05, 0) is 6.92 Å². The van der Waals surface area contributed by atoms with Crippen molar-refractivity contribution in [3.63, 3.8) is 0 Å². The van der Waals surface area contributed by atoms with Gasteiger partial charge in [-0.2, -0.15) is 4.98 Å². The maximum absolute atomic E-state index is 5.54. The predicted molar refractivity (Wildman–Crippen MR) is 60.5 cm³/mol. The van der Waals surface area contributed by atoms with Gasteiger partial charge >= 0.3 is 6.01 Å². The van der Waals surface area contributed by atoms with Crippen molar-refractivity contribution < 1.29 is 9.15 Å². The molecule has 0 aliphatic heterocycles. The van der Waals surface area contributed by atoms with Gasteiger partial charge in [-0.1, -0.05) is 5.10 Å². The van der Waals surface area contributed by atoms with Crippen molar-refractivity contribution in [1.29, 1.82) is 0 Å². The molecule has 2 rings (SSSR count). The van der Waals surface area contributed by atoms with Crippen LogP contribution in [-0.4, -0.2) is 27.3 Å². The van der Waals surface area contributed by atoms with Gasteiger partial charge in [0.1, 0.15) is 5.88 Å². The molecule has 1 N–H and O–H groups in total. The number of nitrogens with zero attached hydrogens (tertiary/aromatic N) is 4. The molecule has 0 radical (unpaired) electrons. The molecule has 17 heavy (non-hydrogen) atoms. The van der Waals surface area contributed by atoms with Gasteiger partial charge in [-0.3, -0.25) is 5.32 Å². The van der Waals surface area contributed by atoms with E-state index in [2.05, 4.69) is 25.5 Å². The molecule has 0 atom stereocenters. The lowest BCUT2D eigenvalue weighted by Crippen LogP contribution is -2.00. The summed E-state index contributed by atoms with van der Waals surface area (Å²) in [4.78, 5) is 8.23. The molecule has 0 aromatic carbocycles. The minimum Gasteiger partial charge on any atom is -0.481 e. The molecule has 2 aromatic rings. The summed E-state index contributed by atoms with van der Waals surface area (Å²) in [5.74, 6) is 1.27. The van der Waals surface area contributed by atoms with Gasteiger partial charge in [-0.25, -0.2) is 4.98 Å². The maximum atomic E-state index is 5.54. The molecule has 90 valence electrons. The van der Waals surface area contributed by atoms with Crippen molar-refractivity contribution in [2.45, 2.75) is 12.8 Å². The molecule has 7 nitrogen and oxygen atoms in total. The fraction of sp³-hybridized carbons (Fsp3) is 0.333. The zero-order chi connectivity index (χ0) is 12.3. The van der Waals surface area contributed by atoms with Crippen LogP contribution in [0.2, 0.25) is 0 Å². The average molecular weight is 256 g/mol. The molecule has 0 aliphatic rings. The Morgan fingerprint density at radius 2 is 2.24 bits per heavy atom. The van der Waals surface area contributed by atoms with E-state index in [-0.39, 0.29) is 11.9 Å². The van der Waals surface area contributed by atoms with Gasteiger partial charge in [-0.15, -0.1) is 16.7 Å². The Balaban J connectivity index is 2.20. The van der Waals surface area contributed by atoms with Crippen LogP contribution in [0.3, 0.4) is 0 Å². The standard InChI is InChI=1S/C9H10ClN5O2/c1-5-3-6(16-2)12-8(11-5)13-9-15-14-7(4-10)17-9/h3H,4H2,1-2H3,(H,11,12,13,15). The van der Waals surface area contributed by atoms with Crippen LogP contribution in [0.15, 0.2) is 10.5 Å². The first-order chi connectivity index (χ1) is 8.21. The van der Waals surface area contributed by atoms with Crippen molar-refractivity contribution in [3.05, 3.63) is 17.7 Å². The van der Waals surface area contributed by atoms with E-state index in [9.17, 15) is 0 Å². The van der Waals surface area contributed by atoms with E-state index in [0.29, 0.717) is 17.7 Å². The van der Waals surface area contributed by atoms with Crippen LogP contribution < -0.4 is 10.1 Å². The second kappa shape index (κ2) is 4.96. The van der Waals surface area contributed by atoms with Gasteiger partial charge in [0, 0.05) is 11.8 Å². The van der Waals surface area contributed by atoms with Crippen LogP contribution in [0, 0.1) is 6.92 Å². The quantitative estimate of drug-likeness (QED) is 0.832. The van der Waals surface area contributed by atoms with Gasteiger partial charge in [0.2, 0.25) is 17.7 Å². The molecule has 0 aliphatic carbocycles. The smallest absolute Gasteiger partial charge is 0.322 e. The van der Waals surface area contributed by atoms with E-state index in [4.69, 9.17) is 20.8 Å². The fourth-order valence-electron chi connectivity index (χ4n) is 1.15. The van der Waals surface area contributed by atoms with Crippen LogP contribution in [0.4, 0.5) is 12.0 Å². The second-order valence-electron chi connectivity index (χ2n) is 3.13. The Bertz CT molecular complexity index is 516. The van der Waals surface area contributed by atoms with Crippen LogP contribution in [0.1, 0.15) is 11.6 Å². The van der Waals surface area contributed by atoms with Crippen molar-refractivity contribution >= 4 is 23.6 Å². The monoisotopic (exact) mass is 255 g/mol. The highest BCUT2D eigenvalue weighted by Crippen LogP contribution is 2.16. The molecule has 8 heteroatoms. The first-order valence-corrected chi connectivity index (χ1v) is 5.29. The Hall–Kier alpha value is -1.89. The summed E-state index contributed by atoms with van der Waals surface area (Å²) in [6.07, 6.45) is 0. The molecular weight excluding hydrogens is 246 g/mol. The van der Waals surface area contributed by atoms with E-state index < -0.39 is 0 Å². The van der Waals surface area contributed by atoms with Crippen LogP contribution in [-0.2, 0) is 5.88 Å². The molecule has 0 amide bonds. The summed E-state index contributed by atoms with van der Waals surface area (Å²) < 4.78 is 10.2. The highest BCUT2D eigenvalue weighted by molar-refractivity contribution is 6.16. The molecule has 2 aromatic heterocycles. The summed E-state index contributed by atoms with van der Waals surface area (Å²) in [5, 5.41) is 10.2. The van der Waals surface area contributed by atoms with Gasteiger partial charge in [0.25, 0.3) is 0 Å². The van der Waals surface area contributed by atoms with Gasteiger partial charge in [0.05, 0.1) is 7.11 Å². The molecule has 0 spiro atoms. The molecule has 0 unspecified atom stereocenters. The van der Waals surface area contributed by atoms with Gasteiger partial charge in [0.15, 0.2) is 0 Å². The summed E-state index contributed by atoms with van der Waals surface area (Å²) in [6.45, 7) is 1.83. The number of aryl methyl sites for hydroxylation is 1. The van der Waals surface area contributed by atoms with Crippen LogP contribution in [0.5, 0.6) is 5.88 Å². The highest BCUT2D eigenvalue weighted by atomic mass is 35.5. The lowest BCUT2D eigenvalue weighted by molar-refractivity contribution is 0.397. The number of alkyl halides is 1. The highest BCUT2D eigenvalue weighted by Gasteiger charge is 2.08. The number of aromatic nitrogens is 4. The largest absolute Gasteiger partial charge is 0.481 e. The van der Waals surface area contributed by atoms with Crippen LogP contribution >= 0.6 is 11.6 Å². The van der Waals surface area contributed by atoms with E-state index in [1.54, 1.807) is 6.07 Å². The average Bonchev–Trinajstić information content (AvgIpc) is 2.76. The minimum atomic E-state index is 0.159. The topological polar surface area (TPSA) is 86.0 Å². The molecule has 2 heterocycles. The number of ether oxygens (including phenoxy) is 1. The molecule has 0 saturated carbocycles. The van der Waals surface area contributed by atoms with Crippen molar-refractivity contribution in [2.24, 2.45) is 0 Å². The van der Waals surface area contributed by atoms with E-state index in [1.807, 2.05) is 6.92 Å². The Morgan fingerprint density at radius 1 is 1.41 bits per heavy atom. The zero-order valence-corrected chi connectivity index (χ0v) is 10.0. The number of rotatable bonds is 4. The van der Waals surface area contributed by atoms with E-state index in [0.717, 1.165) is 5.69 Å². The summed E-state index contributed by atoms with van der Waals surface area (Å²) in [7, 11) is 1.53. The Labute approximate surface area is 102 Å². The first kappa shape index (κ1) is 11.6. The lowest BCUT2D eigenvalue weighted by atomic mass is 10.4. The summed E-state index contributed by atoms with van der Waals surface area (Å²) in [5.41, 5.74) is 0.761. The predicted octanol–water partition coefficient (Wildman–Crippen LogP) is 1.66. The first-order valence-electron chi connectivity index (χ1n) is 4.76. The summed E-state index contributed by atoms with van der Waals surface area (Å²) in [6, 6.07) is 1.90. The minimum absolute atomic E-state index is 0.159. The number of nitrogens with one attached hydrogen (secondary N) is 1. The Kier molecular flexibility index (Phi) is 3.38. The van der Waals surface area contributed by atoms with Crippen molar-refractivity contribution in [2.75, 3.05) is 12.4 Å². The number of hydrogen-bond donors (Lipinski definition) is 1. The molecule has 0 bridgehead atoms. The van der Waals surface area contributed by atoms with Crippen molar-refractivity contribution in [3.8, 4) is 5.88 Å². The third kappa shape index (κ3) is 2.82. The fourth-order valence-corrected chi connectivity index (χ4v) is 1.26. The van der Waals surface area contributed by atoms with E-state index in [1.165, 1.54) is 7.11 Å². The lowest BCUT2D eigenvalue weighted by Gasteiger charge is -2.03. The number of anilines is 2.